The van der Waals surface area contributed by atoms with Crippen LogP contribution in [0.1, 0.15) is 229 Å². The number of aliphatic hydroxyl groups excluding tert-OH is 1. The summed E-state index contributed by atoms with van der Waals surface area (Å²) in [4.78, 5) is 13.3. The molecule has 0 bridgehead atoms. The molecule has 5 aliphatic carbocycles. The summed E-state index contributed by atoms with van der Waals surface area (Å²) in [5, 5.41) is 10.8. The maximum atomic E-state index is 13.3. The number of carbonyl (C=O) groups is 1. The van der Waals surface area contributed by atoms with Gasteiger partial charge in [0.2, 0.25) is 0 Å². The number of hydrogen-bond donors (Lipinski definition) is 1. The second-order valence-corrected chi connectivity index (χ2v) is 21.8. The Balaban J connectivity index is 1.04. The Morgan fingerprint density at radius 2 is 1.26 bits per heavy atom. The normalized spacial score (nSPS) is 39.3. The van der Waals surface area contributed by atoms with Gasteiger partial charge in [0.25, 0.3) is 0 Å². The van der Waals surface area contributed by atoms with Gasteiger partial charge in [-0.15, -0.1) is 0 Å². The van der Waals surface area contributed by atoms with Crippen molar-refractivity contribution in [1.82, 2.24) is 0 Å². The van der Waals surface area contributed by atoms with Crippen LogP contribution in [0.4, 0.5) is 0 Å². The molecule has 0 saturated heterocycles. The second kappa shape index (κ2) is 18.2. The molecule has 0 aliphatic heterocycles. The summed E-state index contributed by atoms with van der Waals surface area (Å²) in [5.74, 6) is 3.46. The topological polar surface area (TPSA) is 46.5 Å². The van der Waals surface area contributed by atoms with E-state index in [0.717, 1.165) is 49.9 Å². The van der Waals surface area contributed by atoms with Gasteiger partial charge in [-0.3, -0.25) is 4.79 Å². The Labute approximate surface area is 329 Å². The number of esters is 1. The van der Waals surface area contributed by atoms with Crippen molar-refractivity contribution in [1.29, 1.82) is 0 Å². The van der Waals surface area contributed by atoms with Gasteiger partial charge in [0.1, 0.15) is 6.10 Å². The van der Waals surface area contributed by atoms with E-state index in [1.54, 1.807) is 0 Å². The Morgan fingerprint density at radius 1 is 0.679 bits per heavy atom. The molecule has 0 aromatic carbocycles. The number of rotatable bonds is 20. The first-order valence-corrected chi connectivity index (χ1v) is 23.7. The standard InChI is InChI=1S/C50H88O3/c1-10-11-12-13-14-15-16-17-18-19-20-21-22-23-24-25-38(51)36-44(52)53-43-30-32-48(7)41(46(43,4)5)29-33-50(9)42(48)27-26-40-45-39(37(2)3)28-31-47(45,6)34-35-49(40,50)8/h38-43,45,51H,2,10-36H2,1,3-9H3. The fourth-order valence-corrected chi connectivity index (χ4v) is 14.9. The summed E-state index contributed by atoms with van der Waals surface area (Å²) >= 11 is 0. The Morgan fingerprint density at radius 3 is 1.85 bits per heavy atom. The highest BCUT2D eigenvalue weighted by atomic mass is 16.5. The van der Waals surface area contributed by atoms with Gasteiger partial charge in [0.05, 0.1) is 12.5 Å². The number of unbranched alkanes of at least 4 members (excludes halogenated alkanes) is 14. The number of allylic oxidation sites excluding steroid dienone is 1. The van der Waals surface area contributed by atoms with Crippen LogP contribution in [0.15, 0.2) is 12.2 Å². The van der Waals surface area contributed by atoms with Crippen molar-refractivity contribution in [2.45, 2.75) is 241 Å². The third-order valence-electron chi connectivity index (χ3n) is 18.2. The van der Waals surface area contributed by atoms with Gasteiger partial charge >= 0.3 is 5.97 Å². The summed E-state index contributed by atoms with van der Waals surface area (Å²) in [6.45, 7) is 24.7. The molecule has 0 amide bonds. The van der Waals surface area contributed by atoms with E-state index >= 15 is 0 Å². The van der Waals surface area contributed by atoms with Gasteiger partial charge < -0.3 is 9.84 Å². The Bertz CT molecular complexity index is 1190. The first-order chi connectivity index (χ1) is 25.1. The number of aliphatic hydroxyl groups is 1. The van der Waals surface area contributed by atoms with E-state index in [0.29, 0.717) is 28.1 Å². The van der Waals surface area contributed by atoms with Crippen LogP contribution in [0, 0.1) is 56.7 Å². The van der Waals surface area contributed by atoms with Crippen molar-refractivity contribution in [2.24, 2.45) is 56.7 Å². The highest BCUT2D eigenvalue weighted by Crippen LogP contribution is 2.77. The van der Waals surface area contributed by atoms with Crippen molar-refractivity contribution in [3.8, 4) is 0 Å². The molecule has 1 N–H and O–H groups in total. The maximum absolute atomic E-state index is 13.3. The summed E-state index contributed by atoms with van der Waals surface area (Å²) in [7, 11) is 0. The maximum Gasteiger partial charge on any atom is 0.308 e. The van der Waals surface area contributed by atoms with Gasteiger partial charge in [0.15, 0.2) is 0 Å². The summed E-state index contributed by atoms with van der Waals surface area (Å²) in [6.07, 6.45) is 33.4. The molecule has 53 heavy (non-hydrogen) atoms. The zero-order valence-corrected chi connectivity index (χ0v) is 36.6. The third-order valence-corrected chi connectivity index (χ3v) is 18.2. The molecule has 11 atom stereocenters. The lowest BCUT2D eigenvalue weighted by molar-refractivity contribution is -0.249. The minimum Gasteiger partial charge on any atom is -0.462 e. The molecule has 11 unspecified atom stereocenters. The van der Waals surface area contributed by atoms with Crippen molar-refractivity contribution >= 4 is 5.97 Å². The molecule has 0 aromatic heterocycles. The zero-order chi connectivity index (χ0) is 38.5. The molecular formula is C50H88O3. The smallest absolute Gasteiger partial charge is 0.308 e. The molecule has 3 heteroatoms. The molecule has 306 valence electrons. The fraction of sp³-hybridized carbons (Fsp3) is 0.940. The lowest BCUT2D eigenvalue weighted by Gasteiger charge is -2.73. The molecule has 5 aliphatic rings. The highest BCUT2D eigenvalue weighted by molar-refractivity contribution is 5.70. The largest absolute Gasteiger partial charge is 0.462 e. The van der Waals surface area contributed by atoms with Gasteiger partial charge in [-0.25, -0.2) is 0 Å². The van der Waals surface area contributed by atoms with Gasteiger partial charge in [0, 0.05) is 5.41 Å². The van der Waals surface area contributed by atoms with E-state index in [9.17, 15) is 9.90 Å². The van der Waals surface area contributed by atoms with Crippen molar-refractivity contribution in [2.75, 3.05) is 0 Å². The predicted octanol–water partition coefficient (Wildman–Crippen LogP) is 14.6. The quantitative estimate of drug-likeness (QED) is 0.0769. The van der Waals surface area contributed by atoms with Crippen molar-refractivity contribution < 1.29 is 14.6 Å². The van der Waals surface area contributed by atoms with E-state index in [1.807, 2.05) is 0 Å². The molecule has 3 nitrogen and oxygen atoms in total. The average molecular weight is 737 g/mol. The van der Waals surface area contributed by atoms with E-state index in [1.165, 1.54) is 140 Å². The van der Waals surface area contributed by atoms with Crippen LogP contribution in [-0.4, -0.2) is 23.3 Å². The predicted molar refractivity (Wildman–Crippen MR) is 225 cm³/mol. The van der Waals surface area contributed by atoms with Crippen LogP contribution >= 0.6 is 0 Å². The average Bonchev–Trinajstić information content (AvgIpc) is 3.46. The number of hydrogen-bond acceptors (Lipinski definition) is 3. The first kappa shape index (κ1) is 43.3. The van der Waals surface area contributed by atoms with Gasteiger partial charge in [-0.2, -0.15) is 0 Å². The number of ether oxygens (including phenoxy) is 1. The Hall–Kier alpha value is -0.830. The minimum absolute atomic E-state index is 0.0486. The molecular weight excluding hydrogens is 649 g/mol. The summed E-state index contributed by atoms with van der Waals surface area (Å²) in [5.41, 5.74) is 2.93. The van der Waals surface area contributed by atoms with Crippen molar-refractivity contribution in [3.63, 3.8) is 0 Å². The monoisotopic (exact) mass is 737 g/mol. The first-order valence-electron chi connectivity index (χ1n) is 23.7. The highest BCUT2D eigenvalue weighted by Gasteiger charge is 2.70. The summed E-state index contributed by atoms with van der Waals surface area (Å²) in [6, 6.07) is 0. The van der Waals surface area contributed by atoms with Crippen LogP contribution in [0.5, 0.6) is 0 Å². The summed E-state index contributed by atoms with van der Waals surface area (Å²) < 4.78 is 6.35. The van der Waals surface area contributed by atoms with Crippen LogP contribution in [0.25, 0.3) is 0 Å². The van der Waals surface area contributed by atoms with E-state index in [2.05, 4.69) is 62.0 Å². The lowest BCUT2D eigenvalue weighted by atomic mass is 9.32. The van der Waals surface area contributed by atoms with Crippen LogP contribution < -0.4 is 0 Å². The lowest BCUT2D eigenvalue weighted by Crippen LogP contribution is -2.66. The molecule has 0 aromatic rings. The molecule has 0 radical (unpaired) electrons. The molecule has 5 fully saturated rings. The van der Waals surface area contributed by atoms with Crippen LogP contribution in [0.2, 0.25) is 0 Å². The van der Waals surface area contributed by atoms with E-state index in [4.69, 9.17) is 4.74 Å². The molecule has 0 spiro atoms. The third kappa shape index (κ3) is 9.01. The number of fused-ring (bicyclic) bond motifs is 7. The van der Waals surface area contributed by atoms with Gasteiger partial charge in [-0.1, -0.05) is 157 Å². The van der Waals surface area contributed by atoms with Crippen LogP contribution in [0.3, 0.4) is 0 Å². The van der Waals surface area contributed by atoms with E-state index < -0.39 is 6.10 Å². The minimum atomic E-state index is -0.575. The second-order valence-electron chi connectivity index (χ2n) is 21.8. The molecule has 0 heterocycles. The molecule has 5 saturated carbocycles. The fourth-order valence-electron chi connectivity index (χ4n) is 14.9. The Kier molecular flexibility index (Phi) is 14.9. The van der Waals surface area contributed by atoms with Gasteiger partial charge in [-0.05, 0) is 129 Å². The van der Waals surface area contributed by atoms with E-state index in [-0.39, 0.29) is 29.3 Å². The van der Waals surface area contributed by atoms with Crippen LogP contribution in [-0.2, 0) is 9.53 Å². The molecule has 5 rings (SSSR count). The van der Waals surface area contributed by atoms with Crippen molar-refractivity contribution in [3.05, 3.63) is 12.2 Å². The number of carbonyl (C=O) groups excluding carboxylic acids is 1. The zero-order valence-electron chi connectivity index (χ0n) is 36.6. The SMILES string of the molecule is C=C(C)C1CCC2(C)CCC3(C)C(CCC4C5(C)CCC(OC(=O)CC(O)CCCCCCCCCCCCCCCCC)C(C)(C)C5CCC43C)C12.